The standard InChI is InChI=1S/C14H14BrN3O/c1-18(2)13-5-3-12(4-6-13)17-14(19)10-7-11(15)9-16-8-10/h3-9H,1-2H3,(H,17,19). The van der Waals surface area contributed by atoms with E-state index in [-0.39, 0.29) is 5.91 Å². The van der Waals surface area contributed by atoms with E-state index in [0.717, 1.165) is 15.8 Å². The van der Waals surface area contributed by atoms with Gasteiger partial charge in [-0.05, 0) is 46.3 Å². The number of amides is 1. The second-order valence-corrected chi connectivity index (χ2v) is 5.20. The van der Waals surface area contributed by atoms with E-state index in [0.29, 0.717) is 5.56 Å². The second kappa shape index (κ2) is 5.84. The first-order valence-electron chi connectivity index (χ1n) is 5.75. The summed E-state index contributed by atoms with van der Waals surface area (Å²) in [6.07, 6.45) is 3.18. The number of benzene rings is 1. The van der Waals surface area contributed by atoms with E-state index >= 15 is 0 Å². The van der Waals surface area contributed by atoms with Gasteiger partial charge in [0.1, 0.15) is 0 Å². The van der Waals surface area contributed by atoms with Crippen LogP contribution in [0.5, 0.6) is 0 Å². The number of halogens is 1. The molecule has 0 aliphatic heterocycles. The topological polar surface area (TPSA) is 45.2 Å². The Labute approximate surface area is 120 Å². The van der Waals surface area contributed by atoms with E-state index in [9.17, 15) is 4.79 Å². The molecule has 0 saturated heterocycles. The van der Waals surface area contributed by atoms with E-state index < -0.39 is 0 Å². The fraction of sp³-hybridized carbons (Fsp3) is 0.143. The molecule has 5 heteroatoms. The fourth-order valence-electron chi connectivity index (χ4n) is 1.58. The van der Waals surface area contributed by atoms with Crippen molar-refractivity contribution in [2.24, 2.45) is 0 Å². The molecule has 0 atom stereocenters. The first-order chi connectivity index (χ1) is 9.06. The van der Waals surface area contributed by atoms with Crippen LogP contribution in [0.3, 0.4) is 0 Å². The minimum Gasteiger partial charge on any atom is -0.378 e. The average Bonchev–Trinajstić information content (AvgIpc) is 2.39. The SMILES string of the molecule is CN(C)c1ccc(NC(=O)c2cncc(Br)c2)cc1. The summed E-state index contributed by atoms with van der Waals surface area (Å²) >= 11 is 3.29. The number of anilines is 2. The molecule has 1 aromatic carbocycles. The molecule has 0 aliphatic carbocycles. The summed E-state index contributed by atoms with van der Waals surface area (Å²) in [6.45, 7) is 0. The monoisotopic (exact) mass is 319 g/mol. The van der Waals surface area contributed by atoms with Gasteiger partial charge in [0.2, 0.25) is 0 Å². The number of nitrogens with zero attached hydrogens (tertiary/aromatic N) is 2. The Kier molecular flexibility index (Phi) is 4.16. The molecule has 2 rings (SSSR count). The molecule has 4 nitrogen and oxygen atoms in total. The maximum atomic E-state index is 12.0. The van der Waals surface area contributed by atoms with E-state index in [4.69, 9.17) is 0 Å². The van der Waals surface area contributed by atoms with Crippen LogP contribution in [0.25, 0.3) is 0 Å². The molecular weight excluding hydrogens is 306 g/mol. The lowest BCUT2D eigenvalue weighted by molar-refractivity contribution is 0.102. The van der Waals surface area contributed by atoms with Crippen molar-refractivity contribution in [3.63, 3.8) is 0 Å². The molecule has 1 amide bonds. The van der Waals surface area contributed by atoms with Crippen LogP contribution in [-0.4, -0.2) is 25.0 Å². The molecule has 0 spiro atoms. The highest BCUT2D eigenvalue weighted by Gasteiger charge is 2.07. The van der Waals surface area contributed by atoms with Gasteiger partial charge in [-0.3, -0.25) is 9.78 Å². The Morgan fingerprint density at radius 3 is 2.47 bits per heavy atom. The van der Waals surface area contributed by atoms with Crippen molar-refractivity contribution in [3.05, 3.63) is 52.8 Å². The highest BCUT2D eigenvalue weighted by molar-refractivity contribution is 9.10. The Bertz CT molecular complexity index is 581. The zero-order valence-electron chi connectivity index (χ0n) is 10.7. The molecule has 98 valence electrons. The average molecular weight is 320 g/mol. The molecule has 1 heterocycles. The van der Waals surface area contributed by atoms with Gasteiger partial charge >= 0.3 is 0 Å². The normalized spacial score (nSPS) is 10.1. The smallest absolute Gasteiger partial charge is 0.257 e. The molecule has 1 N–H and O–H groups in total. The van der Waals surface area contributed by atoms with E-state index in [1.165, 1.54) is 6.20 Å². The number of carbonyl (C=O) groups is 1. The molecule has 19 heavy (non-hydrogen) atoms. The van der Waals surface area contributed by atoms with Crippen molar-refractivity contribution in [2.75, 3.05) is 24.3 Å². The van der Waals surface area contributed by atoms with Crippen LogP contribution in [-0.2, 0) is 0 Å². The van der Waals surface area contributed by atoms with Gasteiger partial charge in [0.15, 0.2) is 0 Å². The van der Waals surface area contributed by atoms with Gasteiger partial charge in [0.25, 0.3) is 5.91 Å². The maximum Gasteiger partial charge on any atom is 0.257 e. The first kappa shape index (κ1) is 13.5. The molecule has 1 aromatic heterocycles. The number of aromatic nitrogens is 1. The van der Waals surface area contributed by atoms with E-state index in [1.807, 2.05) is 43.3 Å². The van der Waals surface area contributed by atoms with Gasteiger partial charge in [-0.1, -0.05) is 0 Å². The van der Waals surface area contributed by atoms with Gasteiger partial charge in [-0.25, -0.2) is 0 Å². The van der Waals surface area contributed by atoms with Crippen LogP contribution < -0.4 is 10.2 Å². The van der Waals surface area contributed by atoms with Crippen LogP contribution in [0.2, 0.25) is 0 Å². The van der Waals surface area contributed by atoms with Gasteiger partial charge in [-0.2, -0.15) is 0 Å². The van der Waals surface area contributed by atoms with E-state index in [2.05, 4.69) is 26.2 Å². The minimum absolute atomic E-state index is 0.175. The highest BCUT2D eigenvalue weighted by atomic mass is 79.9. The summed E-state index contributed by atoms with van der Waals surface area (Å²) in [7, 11) is 3.95. The highest BCUT2D eigenvalue weighted by Crippen LogP contribution is 2.17. The Hall–Kier alpha value is -1.88. The van der Waals surface area contributed by atoms with Gasteiger partial charge in [0, 0.05) is 42.3 Å². The predicted octanol–water partition coefficient (Wildman–Crippen LogP) is 3.16. The first-order valence-corrected chi connectivity index (χ1v) is 6.55. The lowest BCUT2D eigenvalue weighted by atomic mass is 10.2. The molecule has 0 radical (unpaired) electrons. The number of rotatable bonds is 3. The number of hydrogen-bond acceptors (Lipinski definition) is 3. The maximum absolute atomic E-state index is 12.0. The third kappa shape index (κ3) is 3.54. The van der Waals surface area contributed by atoms with Crippen LogP contribution >= 0.6 is 15.9 Å². The summed E-state index contributed by atoms with van der Waals surface area (Å²) in [5, 5.41) is 2.83. The third-order valence-corrected chi connectivity index (χ3v) is 3.04. The van der Waals surface area contributed by atoms with Crippen molar-refractivity contribution in [2.45, 2.75) is 0 Å². The van der Waals surface area contributed by atoms with Crippen molar-refractivity contribution >= 4 is 33.2 Å². The molecule has 0 fully saturated rings. The van der Waals surface area contributed by atoms with Gasteiger partial charge in [0.05, 0.1) is 5.56 Å². The van der Waals surface area contributed by atoms with Crippen molar-refractivity contribution < 1.29 is 4.79 Å². The Morgan fingerprint density at radius 2 is 1.89 bits per heavy atom. The zero-order valence-corrected chi connectivity index (χ0v) is 12.3. The van der Waals surface area contributed by atoms with Gasteiger partial charge in [-0.15, -0.1) is 0 Å². The number of pyridine rings is 1. The zero-order chi connectivity index (χ0) is 13.8. The van der Waals surface area contributed by atoms with Crippen molar-refractivity contribution in [3.8, 4) is 0 Å². The molecule has 0 aliphatic rings. The Morgan fingerprint density at radius 1 is 1.21 bits per heavy atom. The molecule has 0 bridgehead atoms. The predicted molar refractivity (Wildman–Crippen MR) is 80.7 cm³/mol. The van der Waals surface area contributed by atoms with Crippen LogP contribution in [0.4, 0.5) is 11.4 Å². The molecule has 2 aromatic rings. The second-order valence-electron chi connectivity index (χ2n) is 4.29. The molecule has 0 unspecified atom stereocenters. The van der Waals surface area contributed by atoms with Crippen molar-refractivity contribution in [1.82, 2.24) is 4.98 Å². The summed E-state index contributed by atoms with van der Waals surface area (Å²) in [4.78, 5) is 18.0. The van der Waals surface area contributed by atoms with E-state index in [1.54, 1.807) is 12.3 Å². The van der Waals surface area contributed by atoms with Crippen LogP contribution in [0.1, 0.15) is 10.4 Å². The lowest BCUT2D eigenvalue weighted by Crippen LogP contribution is -2.13. The van der Waals surface area contributed by atoms with Crippen LogP contribution in [0.15, 0.2) is 47.2 Å². The number of hydrogen-bond donors (Lipinski definition) is 1. The Balaban J connectivity index is 2.10. The fourth-order valence-corrected chi connectivity index (χ4v) is 1.95. The quantitative estimate of drug-likeness (QED) is 0.945. The summed E-state index contributed by atoms with van der Waals surface area (Å²) in [6, 6.07) is 9.39. The summed E-state index contributed by atoms with van der Waals surface area (Å²) in [5.41, 5.74) is 2.36. The summed E-state index contributed by atoms with van der Waals surface area (Å²) in [5.74, 6) is -0.175. The van der Waals surface area contributed by atoms with Crippen LogP contribution in [0, 0.1) is 0 Å². The largest absolute Gasteiger partial charge is 0.378 e. The molecular formula is C14H14BrN3O. The summed E-state index contributed by atoms with van der Waals surface area (Å²) < 4.78 is 0.781. The van der Waals surface area contributed by atoms with Crippen molar-refractivity contribution in [1.29, 1.82) is 0 Å². The minimum atomic E-state index is -0.175. The lowest BCUT2D eigenvalue weighted by Gasteiger charge is -2.13. The number of carbonyl (C=O) groups excluding carboxylic acids is 1. The van der Waals surface area contributed by atoms with Gasteiger partial charge < -0.3 is 10.2 Å². The number of nitrogens with one attached hydrogen (secondary N) is 1. The molecule has 0 saturated carbocycles. The third-order valence-electron chi connectivity index (χ3n) is 2.61.